The van der Waals surface area contributed by atoms with E-state index in [0.717, 1.165) is 37.9 Å². The third-order valence-electron chi connectivity index (χ3n) is 4.10. The van der Waals surface area contributed by atoms with E-state index in [1.165, 1.54) is 19.4 Å². The minimum Gasteiger partial charge on any atom is -0.373 e. The molecular formula is C15H22N4O. The van der Waals surface area contributed by atoms with Gasteiger partial charge in [0.15, 0.2) is 0 Å². The van der Waals surface area contributed by atoms with Gasteiger partial charge in [-0.3, -0.25) is 9.69 Å². The molecule has 1 amide bonds. The third-order valence-corrected chi connectivity index (χ3v) is 4.10. The van der Waals surface area contributed by atoms with Crippen molar-refractivity contribution >= 4 is 11.7 Å². The number of carbonyl (C=O) groups is 1. The van der Waals surface area contributed by atoms with Crippen molar-refractivity contribution in [1.29, 1.82) is 0 Å². The Labute approximate surface area is 120 Å². The van der Waals surface area contributed by atoms with Gasteiger partial charge in [-0.2, -0.15) is 0 Å². The van der Waals surface area contributed by atoms with Crippen LogP contribution in [0.4, 0.5) is 5.82 Å². The number of aromatic nitrogens is 1. The first-order valence-corrected chi connectivity index (χ1v) is 7.42. The van der Waals surface area contributed by atoms with Crippen molar-refractivity contribution in [2.75, 3.05) is 45.1 Å². The SMILES string of the molecule is CNc1cccc(C(=O)N2CCN(CC3CC3)CC2)n1. The highest BCUT2D eigenvalue weighted by molar-refractivity contribution is 5.92. The molecule has 5 nitrogen and oxygen atoms in total. The molecule has 1 aromatic rings. The van der Waals surface area contributed by atoms with Gasteiger partial charge in [0.1, 0.15) is 11.5 Å². The number of hydrogen-bond acceptors (Lipinski definition) is 4. The number of anilines is 1. The highest BCUT2D eigenvalue weighted by Gasteiger charge is 2.28. The quantitative estimate of drug-likeness (QED) is 0.899. The molecule has 1 aromatic heterocycles. The fraction of sp³-hybridized carbons (Fsp3) is 0.600. The molecule has 0 bridgehead atoms. The van der Waals surface area contributed by atoms with Crippen molar-refractivity contribution in [2.24, 2.45) is 5.92 Å². The topological polar surface area (TPSA) is 48.5 Å². The van der Waals surface area contributed by atoms with E-state index < -0.39 is 0 Å². The highest BCUT2D eigenvalue weighted by Crippen LogP contribution is 2.29. The number of nitrogens with one attached hydrogen (secondary N) is 1. The lowest BCUT2D eigenvalue weighted by molar-refractivity contribution is 0.0626. The van der Waals surface area contributed by atoms with Crippen molar-refractivity contribution in [1.82, 2.24) is 14.8 Å². The Kier molecular flexibility index (Phi) is 3.87. The first kappa shape index (κ1) is 13.4. The van der Waals surface area contributed by atoms with Gasteiger partial charge >= 0.3 is 0 Å². The summed E-state index contributed by atoms with van der Waals surface area (Å²) in [6.45, 7) is 4.84. The summed E-state index contributed by atoms with van der Waals surface area (Å²) >= 11 is 0. The summed E-state index contributed by atoms with van der Waals surface area (Å²) in [5.41, 5.74) is 0.535. The molecule has 3 rings (SSSR count). The van der Waals surface area contributed by atoms with Crippen LogP contribution in [0.25, 0.3) is 0 Å². The largest absolute Gasteiger partial charge is 0.373 e. The summed E-state index contributed by atoms with van der Waals surface area (Å²) in [7, 11) is 1.81. The first-order chi connectivity index (χ1) is 9.76. The standard InChI is InChI=1S/C15H22N4O/c1-16-14-4-2-3-13(17-14)15(20)19-9-7-18(8-10-19)11-12-5-6-12/h2-4,12H,5-11H2,1H3,(H,16,17). The second-order valence-electron chi connectivity index (χ2n) is 5.69. The van der Waals surface area contributed by atoms with E-state index in [4.69, 9.17) is 0 Å². The van der Waals surface area contributed by atoms with Gasteiger partial charge in [-0.15, -0.1) is 0 Å². The molecule has 5 heteroatoms. The van der Waals surface area contributed by atoms with Crippen LogP contribution >= 0.6 is 0 Å². The van der Waals surface area contributed by atoms with Crippen LogP contribution < -0.4 is 5.32 Å². The summed E-state index contributed by atoms with van der Waals surface area (Å²) in [5.74, 6) is 1.71. The summed E-state index contributed by atoms with van der Waals surface area (Å²) in [5, 5.41) is 2.97. The van der Waals surface area contributed by atoms with Crippen molar-refractivity contribution in [3.8, 4) is 0 Å². The van der Waals surface area contributed by atoms with Gasteiger partial charge in [0.2, 0.25) is 0 Å². The van der Waals surface area contributed by atoms with Crippen LogP contribution in [0.5, 0.6) is 0 Å². The Morgan fingerprint density at radius 3 is 2.70 bits per heavy atom. The van der Waals surface area contributed by atoms with Gasteiger partial charge in [0, 0.05) is 39.8 Å². The van der Waals surface area contributed by atoms with Gasteiger partial charge in [-0.1, -0.05) is 6.07 Å². The minimum absolute atomic E-state index is 0.0492. The average Bonchev–Trinajstić information content (AvgIpc) is 3.31. The molecular weight excluding hydrogens is 252 g/mol. The van der Waals surface area contributed by atoms with Crippen LogP contribution in [0.3, 0.4) is 0 Å². The molecule has 0 unspecified atom stereocenters. The van der Waals surface area contributed by atoms with Crippen molar-refractivity contribution in [3.05, 3.63) is 23.9 Å². The summed E-state index contributed by atoms with van der Waals surface area (Å²) in [6, 6.07) is 5.53. The molecule has 1 N–H and O–H groups in total. The number of nitrogens with zero attached hydrogens (tertiary/aromatic N) is 3. The van der Waals surface area contributed by atoms with E-state index in [0.29, 0.717) is 5.69 Å². The molecule has 1 aliphatic heterocycles. The average molecular weight is 274 g/mol. The predicted octanol–water partition coefficient (Wildman–Crippen LogP) is 1.29. The van der Waals surface area contributed by atoms with E-state index >= 15 is 0 Å². The Hall–Kier alpha value is -1.62. The van der Waals surface area contributed by atoms with E-state index in [1.807, 2.05) is 24.1 Å². The summed E-state index contributed by atoms with van der Waals surface area (Å²) in [6.07, 6.45) is 2.78. The lowest BCUT2D eigenvalue weighted by atomic mass is 10.2. The molecule has 0 radical (unpaired) electrons. The van der Waals surface area contributed by atoms with Crippen LogP contribution in [-0.4, -0.2) is 60.5 Å². The lowest BCUT2D eigenvalue weighted by Gasteiger charge is -2.34. The van der Waals surface area contributed by atoms with Gasteiger partial charge in [0.25, 0.3) is 5.91 Å². The molecule has 0 atom stereocenters. The summed E-state index contributed by atoms with van der Waals surface area (Å²) in [4.78, 5) is 21.2. The van der Waals surface area contributed by atoms with Crippen molar-refractivity contribution < 1.29 is 4.79 Å². The van der Waals surface area contributed by atoms with Crippen molar-refractivity contribution in [2.45, 2.75) is 12.8 Å². The van der Waals surface area contributed by atoms with Crippen LogP contribution in [0.15, 0.2) is 18.2 Å². The summed E-state index contributed by atoms with van der Waals surface area (Å²) < 4.78 is 0. The smallest absolute Gasteiger partial charge is 0.272 e. The molecule has 2 fully saturated rings. The number of hydrogen-bond donors (Lipinski definition) is 1. The van der Waals surface area contributed by atoms with Gasteiger partial charge in [-0.05, 0) is 30.9 Å². The third kappa shape index (κ3) is 3.10. The van der Waals surface area contributed by atoms with Crippen molar-refractivity contribution in [3.63, 3.8) is 0 Å². The Morgan fingerprint density at radius 1 is 1.30 bits per heavy atom. The van der Waals surface area contributed by atoms with Gasteiger partial charge in [-0.25, -0.2) is 4.98 Å². The second-order valence-corrected chi connectivity index (χ2v) is 5.69. The monoisotopic (exact) mass is 274 g/mol. The molecule has 1 saturated carbocycles. The molecule has 0 aromatic carbocycles. The number of piperazine rings is 1. The van der Waals surface area contributed by atoms with E-state index in [1.54, 1.807) is 6.07 Å². The zero-order valence-corrected chi connectivity index (χ0v) is 12.0. The molecule has 1 saturated heterocycles. The number of carbonyl (C=O) groups excluding carboxylic acids is 1. The zero-order chi connectivity index (χ0) is 13.9. The predicted molar refractivity (Wildman–Crippen MR) is 78.9 cm³/mol. The van der Waals surface area contributed by atoms with Crippen LogP contribution in [0.1, 0.15) is 23.3 Å². The van der Waals surface area contributed by atoms with E-state index in [2.05, 4.69) is 15.2 Å². The number of amides is 1. The highest BCUT2D eigenvalue weighted by atomic mass is 16.2. The number of pyridine rings is 1. The number of rotatable bonds is 4. The molecule has 1 aliphatic carbocycles. The second kappa shape index (κ2) is 5.79. The van der Waals surface area contributed by atoms with Gasteiger partial charge < -0.3 is 10.2 Å². The first-order valence-electron chi connectivity index (χ1n) is 7.42. The molecule has 2 heterocycles. The maximum atomic E-state index is 12.4. The van der Waals surface area contributed by atoms with Crippen LogP contribution in [0, 0.1) is 5.92 Å². The normalized spacial score (nSPS) is 19.9. The van der Waals surface area contributed by atoms with Gasteiger partial charge in [0.05, 0.1) is 0 Å². The Balaban J connectivity index is 1.57. The van der Waals surface area contributed by atoms with Crippen LogP contribution in [0.2, 0.25) is 0 Å². The van der Waals surface area contributed by atoms with E-state index in [-0.39, 0.29) is 5.91 Å². The maximum absolute atomic E-state index is 12.4. The minimum atomic E-state index is 0.0492. The Morgan fingerprint density at radius 2 is 2.05 bits per heavy atom. The zero-order valence-electron chi connectivity index (χ0n) is 12.0. The lowest BCUT2D eigenvalue weighted by Crippen LogP contribution is -2.49. The maximum Gasteiger partial charge on any atom is 0.272 e. The Bertz CT molecular complexity index is 479. The molecule has 20 heavy (non-hydrogen) atoms. The molecule has 2 aliphatic rings. The molecule has 108 valence electrons. The van der Waals surface area contributed by atoms with E-state index in [9.17, 15) is 4.79 Å². The molecule has 0 spiro atoms. The fourth-order valence-electron chi connectivity index (χ4n) is 2.65. The fourth-order valence-corrected chi connectivity index (χ4v) is 2.65. The van der Waals surface area contributed by atoms with Crippen LogP contribution in [-0.2, 0) is 0 Å².